The monoisotopic (exact) mass is 806 g/mol. The normalized spacial score (nSPS) is 11.3. The zero-order chi connectivity index (χ0) is 42.1. The summed E-state index contributed by atoms with van der Waals surface area (Å²) in [6.07, 6.45) is 0. The van der Waals surface area contributed by atoms with Gasteiger partial charge in [-0.3, -0.25) is 0 Å². The minimum Gasteiger partial charge on any atom is -0.310 e. The fourth-order valence-corrected chi connectivity index (χ4v) is 8.83. The molecule has 11 rings (SSSR count). The summed E-state index contributed by atoms with van der Waals surface area (Å²) in [5.41, 5.74) is 17.7. The third-order valence-corrected chi connectivity index (χ3v) is 11.9. The number of hydrogen-bond acceptors (Lipinski definition) is 3. The molecule has 0 aliphatic heterocycles. The Balaban J connectivity index is 0.888. The van der Waals surface area contributed by atoms with E-state index in [2.05, 4.69) is 217 Å². The molecule has 298 valence electrons. The first-order chi connectivity index (χ1) is 31.1. The van der Waals surface area contributed by atoms with Crippen LogP contribution in [0.3, 0.4) is 0 Å². The molecule has 0 spiro atoms. The number of fused-ring (bicyclic) bond motifs is 3. The molecule has 11 aromatic rings. The number of hydrogen-bond donors (Lipinski definition) is 0. The van der Waals surface area contributed by atoms with Crippen LogP contribution in [-0.4, -0.2) is 14.5 Å². The van der Waals surface area contributed by atoms with E-state index in [1.54, 1.807) is 0 Å². The van der Waals surface area contributed by atoms with Crippen LogP contribution in [0.4, 0.5) is 17.1 Å². The van der Waals surface area contributed by atoms with Crippen LogP contribution in [0.15, 0.2) is 237 Å². The molecule has 0 aliphatic rings. The van der Waals surface area contributed by atoms with Gasteiger partial charge in [0.1, 0.15) is 0 Å². The number of aryl methyl sites for hydroxylation is 1. The predicted molar refractivity (Wildman–Crippen MR) is 263 cm³/mol. The van der Waals surface area contributed by atoms with E-state index in [0.717, 1.165) is 56.4 Å². The van der Waals surface area contributed by atoms with Crippen molar-refractivity contribution in [2.24, 2.45) is 0 Å². The Bertz CT molecular complexity index is 3260. The van der Waals surface area contributed by atoms with Gasteiger partial charge in [0.2, 0.25) is 0 Å². The number of aromatic nitrogens is 3. The quantitative estimate of drug-likeness (QED) is 0.146. The maximum absolute atomic E-state index is 5.02. The van der Waals surface area contributed by atoms with E-state index in [1.165, 1.54) is 44.1 Å². The van der Waals surface area contributed by atoms with Gasteiger partial charge in [-0.05, 0) is 101 Å². The third-order valence-electron chi connectivity index (χ3n) is 11.9. The second kappa shape index (κ2) is 16.3. The zero-order valence-electron chi connectivity index (χ0n) is 34.8. The van der Waals surface area contributed by atoms with E-state index in [9.17, 15) is 0 Å². The lowest BCUT2D eigenvalue weighted by molar-refractivity contribution is 1.17. The van der Waals surface area contributed by atoms with Gasteiger partial charge in [-0.1, -0.05) is 170 Å². The summed E-state index contributed by atoms with van der Waals surface area (Å²) in [6, 6.07) is 83.8. The Morgan fingerprint density at radius 1 is 0.349 bits per heavy atom. The fourth-order valence-electron chi connectivity index (χ4n) is 8.83. The first-order valence-corrected chi connectivity index (χ1v) is 21.4. The van der Waals surface area contributed by atoms with Crippen molar-refractivity contribution in [3.05, 3.63) is 242 Å². The van der Waals surface area contributed by atoms with Crippen molar-refractivity contribution < 1.29 is 0 Å². The first kappa shape index (κ1) is 37.6. The molecule has 2 heterocycles. The van der Waals surface area contributed by atoms with Crippen molar-refractivity contribution in [3.8, 4) is 61.8 Å². The van der Waals surface area contributed by atoms with Gasteiger partial charge < -0.3 is 9.47 Å². The van der Waals surface area contributed by atoms with Crippen LogP contribution in [0.2, 0.25) is 0 Å². The molecule has 4 nitrogen and oxygen atoms in total. The Morgan fingerprint density at radius 2 is 0.841 bits per heavy atom. The Labute approximate surface area is 367 Å². The van der Waals surface area contributed by atoms with E-state index in [-0.39, 0.29) is 0 Å². The van der Waals surface area contributed by atoms with Crippen LogP contribution in [0.5, 0.6) is 0 Å². The molecule has 0 radical (unpaired) electrons. The summed E-state index contributed by atoms with van der Waals surface area (Å²) < 4.78 is 2.40. The van der Waals surface area contributed by atoms with E-state index >= 15 is 0 Å². The van der Waals surface area contributed by atoms with Crippen molar-refractivity contribution in [1.82, 2.24) is 14.5 Å². The van der Waals surface area contributed by atoms with Crippen molar-refractivity contribution in [1.29, 1.82) is 0 Å². The Hall–Kier alpha value is -8.34. The largest absolute Gasteiger partial charge is 0.310 e. The topological polar surface area (TPSA) is 34.0 Å². The molecule has 0 saturated carbocycles. The molecule has 0 aliphatic carbocycles. The molecule has 0 bridgehead atoms. The maximum Gasteiger partial charge on any atom is 0.160 e. The van der Waals surface area contributed by atoms with E-state index in [1.807, 2.05) is 36.4 Å². The molecule has 0 amide bonds. The molecule has 0 saturated heterocycles. The van der Waals surface area contributed by atoms with Crippen LogP contribution < -0.4 is 4.90 Å². The van der Waals surface area contributed by atoms with Gasteiger partial charge in [0.15, 0.2) is 5.82 Å². The smallest absolute Gasteiger partial charge is 0.160 e. The van der Waals surface area contributed by atoms with E-state index in [0.29, 0.717) is 5.82 Å². The van der Waals surface area contributed by atoms with Gasteiger partial charge in [-0.15, -0.1) is 0 Å². The maximum atomic E-state index is 5.02. The summed E-state index contributed by atoms with van der Waals surface area (Å²) in [7, 11) is 0. The van der Waals surface area contributed by atoms with Crippen molar-refractivity contribution in [2.75, 3.05) is 4.90 Å². The summed E-state index contributed by atoms with van der Waals surface area (Å²) >= 11 is 0. The standard InChI is InChI=1S/C59H42N4/c1-41-38-50(63-57-25-15-14-24-53(57)54-39-51(35-37-58(54)63)62(48-20-10-4-11-21-48)49-22-12-5-13-23-49)34-36-52(41)44-30-26-42(27-31-44)43-28-32-46(33-29-43)56-40-55(45-16-6-2-7-17-45)60-59(61-56)47-18-8-3-9-19-47/h2-40H,1H3. The number of nitrogens with zero attached hydrogens (tertiary/aromatic N) is 4. The lowest BCUT2D eigenvalue weighted by atomic mass is 9.96. The molecule has 0 fully saturated rings. The molecule has 9 aromatic carbocycles. The lowest BCUT2D eigenvalue weighted by Gasteiger charge is -2.25. The van der Waals surface area contributed by atoms with E-state index in [4.69, 9.17) is 9.97 Å². The van der Waals surface area contributed by atoms with Crippen molar-refractivity contribution in [3.63, 3.8) is 0 Å². The second-order valence-corrected chi connectivity index (χ2v) is 15.9. The van der Waals surface area contributed by atoms with Crippen molar-refractivity contribution >= 4 is 38.9 Å². The highest BCUT2D eigenvalue weighted by atomic mass is 15.1. The molecule has 63 heavy (non-hydrogen) atoms. The minimum absolute atomic E-state index is 0.716. The highest BCUT2D eigenvalue weighted by molar-refractivity contribution is 6.10. The molecule has 0 N–H and O–H groups in total. The summed E-state index contributed by atoms with van der Waals surface area (Å²) in [5, 5.41) is 2.45. The number of rotatable bonds is 9. The highest BCUT2D eigenvalue weighted by Crippen LogP contribution is 2.40. The third kappa shape index (κ3) is 7.24. The van der Waals surface area contributed by atoms with E-state index < -0.39 is 0 Å². The molecular weight excluding hydrogens is 765 g/mol. The lowest BCUT2D eigenvalue weighted by Crippen LogP contribution is -2.09. The Kier molecular flexibility index (Phi) is 9.72. The fraction of sp³-hybridized carbons (Fsp3) is 0.0169. The van der Waals surface area contributed by atoms with Crippen LogP contribution in [-0.2, 0) is 0 Å². The predicted octanol–water partition coefficient (Wildman–Crippen LogP) is 15.7. The van der Waals surface area contributed by atoms with Gasteiger partial charge in [-0.25, -0.2) is 9.97 Å². The average molecular weight is 807 g/mol. The summed E-state index contributed by atoms with van der Waals surface area (Å²) in [6.45, 7) is 2.22. The summed E-state index contributed by atoms with van der Waals surface area (Å²) in [4.78, 5) is 12.3. The molecule has 0 unspecified atom stereocenters. The highest BCUT2D eigenvalue weighted by Gasteiger charge is 2.18. The SMILES string of the molecule is Cc1cc(-n2c3ccccc3c3cc(N(c4ccccc4)c4ccccc4)ccc32)ccc1-c1ccc(-c2ccc(-c3cc(-c4ccccc4)nc(-c4ccccc4)n3)cc2)cc1. The van der Waals surface area contributed by atoms with Crippen molar-refractivity contribution in [2.45, 2.75) is 6.92 Å². The first-order valence-electron chi connectivity index (χ1n) is 21.4. The number of para-hydroxylation sites is 3. The van der Waals surface area contributed by atoms with Crippen LogP contribution >= 0.6 is 0 Å². The minimum atomic E-state index is 0.716. The summed E-state index contributed by atoms with van der Waals surface area (Å²) in [5.74, 6) is 0.716. The average Bonchev–Trinajstić information content (AvgIpc) is 3.69. The van der Waals surface area contributed by atoms with Gasteiger partial charge in [-0.2, -0.15) is 0 Å². The van der Waals surface area contributed by atoms with Gasteiger partial charge in [0.25, 0.3) is 0 Å². The number of anilines is 3. The van der Waals surface area contributed by atoms with Crippen LogP contribution in [0, 0.1) is 6.92 Å². The Morgan fingerprint density at radius 3 is 1.44 bits per heavy atom. The zero-order valence-corrected chi connectivity index (χ0v) is 34.8. The molecule has 0 atom stereocenters. The second-order valence-electron chi connectivity index (χ2n) is 15.9. The number of benzene rings is 9. The van der Waals surface area contributed by atoms with Gasteiger partial charge in [0, 0.05) is 50.2 Å². The molecule has 4 heteroatoms. The van der Waals surface area contributed by atoms with Gasteiger partial charge >= 0.3 is 0 Å². The molecular formula is C59H42N4. The van der Waals surface area contributed by atoms with Crippen LogP contribution in [0.1, 0.15) is 5.56 Å². The van der Waals surface area contributed by atoms with Crippen LogP contribution in [0.25, 0.3) is 83.6 Å². The van der Waals surface area contributed by atoms with Gasteiger partial charge in [0.05, 0.1) is 22.4 Å². The molecule has 2 aromatic heterocycles.